The molecule has 0 aliphatic rings. The Bertz CT molecular complexity index is 608. The SMILES string of the molecule is O=C(CBr)c1cnn(Cc2ccccc2)c1C(F)(F)F. The van der Waals surface area contributed by atoms with Gasteiger partial charge in [-0.15, -0.1) is 0 Å². The van der Waals surface area contributed by atoms with Crippen LogP contribution < -0.4 is 0 Å². The maximum atomic E-state index is 13.1. The lowest BCUT2D eigenvalue weighted by Crippen LogP contribution is -2.19. The highest BCUT2D eigenvalue weighted by Crippen LogP contribution is 2.32. The summed E-state index contributed by atoms with van der Waals surface area (Å²) in [7, 11) is 0. The maximum absolute atomic E-state index is 13.1. The number of benzene rings is 1. The highest BCUT2D eigenvalue weighted by Gasteiger charge is 2.39. The van der Waals surface area contributed by atoms with E-state index in [2.05, 4.69) is 21.0 Å². The molecule has 0 aliphatic heterocycles. The lowest BCUT2D eigenvalue weighted by atomic mass is 10.1. The Kier molecular flexibility index (Phi) is 4.27. The molecule has 1 aromatic carbocycles. The molecule has 20 heavy (non-hydrogen) atoms. The van der Waals surface area contributed by atoms with Crippen LogP contribution in [-0.4, -0.2) is 20.9 Å². The standard InChI is InChI=1S/C13H10BrF3N2O/c14-6-11(20)10-7-18-19(12(10)13(15,16)17)8-9-4-2-1-3-5-9/h1-5,7H,6,8H2. The number of aromatic nitrogens is 2. The van der Waals surface area contributed by atoms with Crippen molar-refractivity contribution in [2.75, 3.05) is 5.33 Å². The van der Waals surface area contributed by atoms with Gasteiger partial charge < -0.3 is 0 Å². The van der Waals surface area contributed by atoms with E-state index in [9.17, 15) is 18.0 Å². The molecule has 1 heterocycles. The highest BCUT2D eigenvalue weighted by atomic mass is 79.9. The molecule has 0 saturated carbocycles. The number of carbonyl (C=O) groups excluding carboxylic acids is 1. The zero-order valence-corrected chi connectivity index (χ0v) is 11.8. The summed E-state index contributed by atoms with van der Waals surface area (Å²) < 4.78 is 40.2. The Morgan fingerprint density at radius 2 is 1.90 bits per heavy atom. The third-order valence-electron chi connectivity index (χ3n) is 2.70. The fourth-order valence-corrected chi connectivity index (χ4v) is 2.14. The summed E-state index contributed by atoms with van der Waals surface area (Å²) in [6.45, 7) is -0.0365. The summed E-state index contributed by atoms with van der Waals surface area (Å²) in [4.78, 5) is 11.5. The molecule has 0 spiro atoms. The smallest absolute Gasteiger partial charge is 0.293 e. The minimum atomic E-state index is -4.63. The second kappa shape index (κ2) is 5.78. The van der Waals surface area contributed by atoms with Crippen molar-refractivity contribution in [2.24, 2.45) is 0 Å². The first-order valence-corrected chi connectivity index (χ1v) is 6.81. The Hall–Kier alpha value is -1.63. The predicted octanol–water partition coefficient (Wildman–Crippen LogP) is 3.53. The molecule has 0 amide bonds. The molecular weight excluding hydrogens is 337 g/mol. The third kappa shape index (κ3) is 3.09. The zero-order valence-electron chi connectivity index (χ0n) is 10.2. The van der Waals surface area contributed by atoms with Crippen LogP contribution in [0, 0.1) is 0 Å². The first-order chi connectivity index (χ1) is 9.43. The highest BCUT2D eigenvalue weighted by molar-refractivity contribution is 9.09. The average molecular weight is 347 g/mol. The van der Waals surface area contributed by atoms with Gasteiger partial charge in [0.25, 0.3) is 0 Å². The molecule has 0 fully saturated rings. The van der Waals surface area contributed by atoms with Crippen LogP contribution in [0.5, 0.6) is 0 Å². The van der Waals surface area contributed by atoms with Gasteiger partial charge >= 0.3 is 6.18 Å². The van der Waals surface area contributed by atoms with Gasteiger partial charge in [-0.05, 0) is 5.56 Å². The number of halogens is 4. The van der Waals surface area contributed by atoms with Crippen LogP contribution in [0.25, 0.3) is 0 Å². The molecule has 2 aromatic rings. The number of rotatable bonds is 4. The van der Waals surface area contributed by atoms with Crippen molar-refractivity contribution in [2.45, 2.75) is 12.7 Å². The number of hydrogen-bond donors (Lipinski definition) is 0. The fourth-order valence-electron chi connectivity index (χ4n) is 1.84. The number of ketones is 1. The normalized spacial score (nSPS) is 11.6. The maximum Gasteiger partial charge on any atom is 0.433 e. The van der Waals surface area contributed by atoms with Crippen LogP contribution in [0.4, 0.5) is 13.2 Å². The van der Waals surface area contributed by atoms with E-state index >= 15 is 0 Å². The Morgan fingerprint density at radius 1 is 1.25 bits per heavy atom. The van der Waals surface area contributed by atoms with Gasteiger partial charge in [0.1, 0.15) is 0 Å². The third-order valence-corrected chi connectivity index (χ3v) is 3.21. The van der Waals surface area contributed by atoms with Crippen LogP contribution in [0.15, 0.2) is 36.5 Å². The van der Waals surface area contributed by atoms with E-state index in [0.29, 0.717) is 5.56 Å². The van der Waals surface area contributed by atoms with Crippen LogP contribution in [0.3, 0.4) is 0 Å². The first-order valence-electron chi connectivity index (χ1n) is 5.69. The van der Waals surface area contributed by atoms with Crippen molar-refractivity contribution in [3.05, 3.63) is 53.3 Å². The molecule has 7 heteroatoms. The van der Waals surface area contributed by atoms with Crippen LogP contribution in [0.2, 0.25) is 0 Å². The van der Waals surface area contributed by atoms with E-state index in [0.717, 1.165) is 10.9 Å². The van der Waals surface area contributed by atoms with E-state index in [1.54, 1.807) is 30.3 Å². The summed E-state index contributed by atoms with van der Waals surface area (Å²) in [5, 5.41) is 3.53. The van der Waals surface area contributed by atoms with Gasteiger partial charge in [-0.25, -0.2) is 0 Å². The summed E-state index contributed by atoms with van der Waals surface area (Å²) >= 11 is 2.87. The molecular formula is C13H10BrF3N2O. The molecule has 1 aromatic heterocycles. The lowest BCUT2D eigenvalue weighted by molar-refractivity contribution is -0.144. The minimum Gasteiger partial charge on any atom is -0.293 e. The molecule has 106 valence electrons. The number of Topliss-reactive ketones (excluding diaryl/α,β-unsaturated/α-hetero) is 1. The fraction of sp³-hybridized carbons (Fsp3) is 0.231. The van der Waals surface area contributed by atoms with E-state index in [4.69, 9.17) is 0 Å². The second-order valence-electron chi connectivity index (χ2n) is 4.10. The molecule has 2 rings (SSSR count). The van der Waals surface area contributed by atoms with Crippen molar-refractivity contribution < 1.29 is 18.0 Å². The summed E-state index contributed by atoms with van der Waals surface area (Å²) in [6.07, 6.45) is -3.66. The van der Waals surface area contributed by atoms with E-state index in [1.807, 2.05) is 0 Å². The molecule has 0 bridgehead atoms. The Balaban J connectivity index is 2.44. The van der Waals surface area contributed by atoms with Crippen molar-refractivity contribution in [3.63, 3.8) is 0 Å². The van der Waals surface area contributed by atoms with Gasteiger partial charge in [0.15, 0.2) is 11.5 Å². The largest absolute Gasteiger partial charge is 0.433 e. The lowest BCUT2D eigenvalue weighted by Gasteiger charge is -2.12. The van der Waals surface area contributed by atoms with Gasteiger partial charge in [0.2, 0.25) is 0 Å². The van der Waals surface area contributed by atoms with Gasteiger partial charge in [-0.3, -0.25) is 9.48 Å². The topological polar surface area (TPSA) is 34.9 Å². The van der Waals surface area contributed by atoms with Gasteiger partial charge in [0.05, 0.1) is 23.6 Å². The van der Waals surface area contributed by atoms with E-state index < -0.39 is 23.2 Å². The predicted molar refractivity (Wildman–Crippen MR) is 70.9 cm³/mol. The van der Waals surface area contributed by atoms with Gasteiger partial charge in [-0.1, -0.05) is 46.3 Å². The monoisotopic (exact) mass is 346 g/mol. The van der Waals surface area contributed by atoms with Crippen LogP contribution in [0.1, 0.15) is 21.6 Å². The van der Waals surface area contributed by atoms with Crippen LogP contribution in [-0.2, 0) is 12.7 Å². The van der Waals surface area contributed by atoms with Gasteiger partial charge in [-0.2, -0.15) is 18.3 Å². The summed E-state index contributed by atoms with van der Waals surface area (Å²) in [6, 6.07) is 8.64. The zero-order chi connectivity index (χ0) is 14.8. The van der Waals surface area contributed by atoms with E-state index in [-0.39, 0.29) is 11.9 Å². The summed E-state index contributed by atoms with van der Waals surface area (Å²) in [5.41, 5.74) is -0.741. The summed E-state index contributed by atoms with van der Waals surface area (Å²) in [5.74, 6) is -0.642. The second-order valence-corrected chi connectivity index (χ2v) is 4.67. The molecule has 0 aliphatic carbocycles. The number of hydrogen-bond acceptors (Lipinski definition) is 2. The van der Waals surface area contributed by atoms with Gasteiger partial charge in [0, 0.05) is 0 Å². The van der Waals surface area contributed by atoms with Crippen molar-refractivity contribution in [1.29, 1.82) is 0 Å². The molecule has 0 radical (unpaired) electrons. The van der Waals surface area contributed by atoms with Crippen LogP contribution >= 0.6 is 15.9 Å². The molecule has 0 unspecified atom stereocenters. The molecule has 0 saturated heterocycles. The quantitative estimate of drug-likeness (QED) is 0.627. The van der Waals surface area contributed by atoms with Crippen molar-refractivity contribution in [1.82, 2.24) is 9.78 Å². The van der Waals surface area contributed by atoms with E-state index in [1.165, 1.54) is 0 Å². The minimum absolute atomic E-state index is 0.0365. The number of nitrogens with zero attached hydrogens (tertiary/aromatic N) is 2. The van der Waals surface area contributed by atoms with Crippen molar-refractivity contribution >= 4 is 21.7 Å². The molecule has 0 atom stereocenters. The molecule has 0 N–H and O–H groups in total. The van der Waals surface area contributed by atoms with Crippen molar-refractivity contribution in [3.8, 4) is 0 Å². The number of carbonyl (C=O) groups is 1. The Morgan fingerprint density at radius 3 is 2.45 bits per heavy atom. The first kappa shape index (κ1) is 14.8. The average Bonchev–Trinajstić information content (AvgIpc) is 2.82. The molecule has 3 nitrogen and oxygen atoms in total. The number of alkyl halides is 4. The Labute approximate surface area is 121 Å².